The third-order valence-electron chi connectivity index (χ3n) is 9.10. The smallest absolute Gasteiger partial charge is 0.243 e. The first-order valence-electron chi connectivity index (χ1n) is 14.1. The lowest BCUT2D eigenvalue weighted by molar-refractivity contribution is -0.139. The predicted octanol–water partition coefficient (Wildman–Crippen LogP) is 4.09. The molecular weight excluding hydrogens is 480 g/mol. The van der Waals surface area contributed by atoms with Crippen molar-refractivity contribution >= 4 is 40.0 Å². The number of aromatic nitrogens is 1. The van der Waals surface area contributed by atoms with E-state index in [1.807, 2.05) is 37.7 Å². The van der Waals surface area contributed by atoms with Crippen molar-refractivity contribution in [1.82, 2.24) is 14.8 Å². The topological polar surface area (TPSA) is 101 Å². The molecule has 3 heterocycles. The lowest BCUT2D eigenvalue weighted by Crippen LogP contribution is -2.44. The van der Waals surface area contributed by atoms with Crippen molar-refractivity contribution in [3.8, 4) is 0 Å². The molecular formula is C30H40N4O4. The minimum Gasteiger partial charge on any atom is -0.388 e. The number of hydrogen-bond donors (Lipinski definition) is 2. The third-order valence-corrected chi connectivity index (χ3v) is 9.10. The minimum atomic E-state index is -0.455. The van der Waals surface area contributed by atoms with Crippen LogP contribution < -0.4 is 10.6 Å². The maximum Gasteiger partial charge on any atom is 0.243 e. The fraction of sp³-hybridized carbons (Fsp3) is 0.600. The van der Waals surface area contributed by atoms with Gasteiger partial charge in [-0.3, -0.25) is 19.2 Å². The Morgan fingerprint density at radius 2 is 1.95 bits per heavy atom. The van der Waals surface area contributed by atoms with Gasteiger partial charge in [0.25, 0.3) is 0 Å². The Labute approximate surface area is 224 Å². The molecule has 2 aromatic rings. The van der Waals surface area contributed by atoms with Crippen LogP contribution in [-0.2, 0) is 27.3 Å². The first-order chi connectivity index (χ1) is 18.2. The number of aryl methyl sites for hydroxylation is 1. The number of rotatable bonds is 4. The zero-order chi connectivity index (χ0) is 27.2. The third kappa shape index (κ3) is 4.63. The highest BCUT2D eigenvalue weighted by atomic mass is 16.2. The number of amides is 2. The number of carbonyl (C=O) groups is 4. The van der Waals surface area contributed by atoms with Crippen LogP contribution in [0.5, 0.6) is 0 Å². The van der Waals surface area contributed by atoms with Gasteiger partial charge in [-0.15, -0.1) is 0 Å². The Bertz CT molecular complexity index is 1300. The lowest BCUT2D eigenvalue weighted by atomic mass is 9.95. The Hall–Kier alpha value is -3.16. The molecule has 2 N–H and O–H groups in total. The molecule has 3 aliphatic rings. The van der Waals surface area contributed by atoms with E-state index in [0.29, 0.717) is 24.9 Å². The van der Waals surface area contributed by atoms with Gasteiger partial charge in [-0.1, -0.05) is 26.7 Å². The molecule has 0 unspecified atom stereocenters. The summed E-state index contributed by atoms with van der Waals surface area (Å²) in [7, 11) is 1.87. The van der Waals surface area contributed by atoms with E-state index in [-0.39, 0.29) is 47.3 Å². The summed E-state index contributed by atoms with van der Waals surface area (Å²) in [6.45, 7) is 5.98. The summed E-state index contributed by atoms with van der Waals surface area (Å²) in [4.78, 5) is 54.2. The van der Waals surface area contributed by atoms with E-state index in [4.69, 9.17) is 0 Å². The van der Waals surface area contributed by atoms with Crippen LogP contribution in [0.3, 0.4) is 0 Å². The number of ketones is 2. The van der Waals surface area contributed by atoms with E-state index in [0.717, 1.165) is 60.7 Å². The van der Waals surface area contributed by atoms with E-state index in [9.17, 15) is 19.2 Å². The van der Waals surface area contributed by atoms with Crippen LogP contribution in [0, 0.1) is 11.3 Å². The SMILES string of the molecule is CCC(=O)[C@@H]1C[C@]23CNC(=O)[C@@H](C)CCCCCc4cc(NC)cc5c(C(C)=O)cn(c45)CC(=O)N1[C@@H]2C3. The Balaban J connectivity index is 1.57. The Morgan fingerprint density at radius 1 is 1.16 bits per heavy atom. The van der Waals surface area contributed by atoms with Crippen molar-refractivity contribution in [2.45, 2.75) is 90.8 Å². The van der Waals surface area contributed by atoms with Crippen molar-refractivity contribution in [3.05, 3.63) is 29.5 Å². The number of nitrogens with zero attached hydrogens (tertiary/aromatic N) is 2. The maximum absolute atomic E-state index is 13.9. The number of Topliss-reactive ketones (excluding diaryl/α,β-unsaturated/α-hetero) is 2. The number of benzene rings is 1. The molecule has 1 saturated heterocycles. The lowest BCUT2D eigenvalue weighted by Gasteiger charge is -2.27. The zero-order valence-electron chi connectivity index (χ0n) is 23.1. The van der Waals surface area contributed by atoms with Crippen molar-refractivity contribution in [2.24, 2.45) is 11.3 Å². The summed E-state index contributed by atoms with van der Waals surface area (Å²) in [5.41, 5.74) is 3.36. The van der Waals surface area contributed by atoms with Crippen LogP contribution in [0.4, 0.5) is 5.69 Å². The largest absolute Gasteiger partial charge is 0.388 e. The van der Waals surface area contributed by atoms with Gasteiger partial charge in [-0.25, -0.2) is 0 Å². The van der Waals surface area contributed by atoms with Crippen LogP contribution in [-0.4, -0.2) is 58.5 Å². The number of hydrogen-bond acceptors (Lipinski definition) is 5. The molecule has 38 heavy (non-hydrogen) atoms. The number of carbonyl (C=O) groups excluding carboxylic acids is 4. The Kier molecular flexibility index (Phi) is 7.09. The van der Waals surface area contributed by atoms with Gasteiger partial charge in [0, 0.05) is 60.2 Å². The molecule has 1 aromatic carbocycles. The summed E-state index contributed by atoms with van der Waals surface area (Å²) in [5.74, 6) is -0.0653. The minimum absolute atomic E-state index is 0.0336. The molecule has 1 aliphatic carbocycles. The van der Waals surface area contributed by atoms with E-state index in [1.54, 1.807) is 11.8 Å². The van der Waals surface area contributed by atoms with E-state index in [1.165, 1.54) is 0 Å². The second-order valence-electron chi connectivity index (χ2n) is 11.6. The highest BCUT2D eigenvalue weighted by Gasteiger charge is 2.66. The molecule has 204 valence electrons. The molecule has 4 atom stereocenters. The van der Waals surface area contributed by atoms with E-state index >= 15 is 0 Å². The van der Waals surface area contributed by atoms with Crippen LogP contribution in [0.15, 0.2) is 18.3 Å². The van der Waals surface area contributed by atoms with Crippen molar-refractivity contribution < 1.29 is 19.2 Å². The summed E-state index contributed by atoms with van der Waals surface area (Å²) in [6, 6.07) is 3.61. The van der Waals surface area contributed by atoms with Crippen LogP contribution in [0.1, 0.15) is 81.6 Å². The highest BCUT2D eigenvalue weighted by molar-refractivity contribution is 6.09. The molecule has 2 aliphatic heterocycles. The normalized spacial score (nSPS) is 28.0. The van der Waals surface area contributed by atoms with Gasteiger partial charge in [0.15, 0.2) is 11.6 Å². The first-order valence-corrected chi connectivity index (χ1v) is 14.1. The number of anilines is 1. The fourth-order valence-electron chi connectivity index (χ4n) is 6.76. The van der Waals surface area contributed by atoms with Gasteiger partial charge in [0.2, 0.25) is 11.8 Å². The number of nitrogens with one attached hydrogen (secondary N) is 2. The summed E-state index contributed by atoms with van der Waals surface area (Å²) >= 11 is 0. The monoisotopic (exact) mass is 520 g/mol. The van der Waals surface area contributed by atoms with E-state index < -0.39 is 6.04 Å². The summed E-state index contributed by atoms with van der Waals surface area (Å²) in [5, 5.41) is 7.23. The van der Waals surface area contributed by atoms with Gasteiger partial charge in [-0.2, -0.15) is 0 Å². The second kappa shape index (κ2) is 10.2. The fourth-order valence-corrected chi connectivity index (χ4v) is 6.76. The standard InChI is InChI=1S/C30H40N4O4/c1-5-25(36)24-13-30-14-26(30)34(24)27(37)16-33-15-23(19(3)35)22-12-21(31-4)11-20(28(22)33)10-8-6-7-9-18(2)29(38)32-17-30/h11-12,15,18,24,26,31H,5-10,13-14,16-17H2,1-4H3,(H,32,38)/t18-,24-,26+,30-/m0/s1. The van der Waals surface area contributed by atoms with Crippen LogP contribution >= 0.6 is 0 Å². The second-order valence-corrected chi connectivity index (χ2v) is 11.6. The zero-order valence-corrected chi connectivity index (χ0v) is 23.1. The number of piperidine rings is 1. The average molecular weight is 521 g/mol. The molecule has 0 radical (unpaired) electrons. The molecule has 2 amide bonds. The maximum atomic E-state index is 13.9. The predicted molar refractivity (Wildman–Crippen MR) is 147 cm³/mol. The summed E-state index contributed by atoms with van der Waals surface area (Å²) < 4.78 is 1.93. The van der Waals surface area contributed by atoms with Crippen molar-refractivity contribution in [2.75, 3.05) is 18.9 Å². The molecule has 8 heteroatoms. The molecule has 1 aromatic heterocycles. The van der Waals surface area contributed by atoms with E-state index in [2.05, 4.69) is 16.7 Å². The first kappa shape index (κ1) is 26.4. The molecule has 8 nitrogen and oxygen atoms in total. The highest BCUT2D eigenvalue weighted by Crippen LogP contribution is 2.59. The van der Waals surface area contributed by atoms with Crippen LogP contribution in [0.2, 0.25) is 0 Å². The van der Waals surface area contributed by atoms with Crippen molar-refractivity contribution in [1.29, 1.82) is 0 Å². The van der Waals surface area contributed by atoms with Crippen molar-refractivity contribution in [3.63, 3.8) is 0 Å². The van der Waals surface area contributed by atoms with Crippen LogP contribution in [0.25, 0.3) is 10.9 Å². The average Bonchev–Trinajstić information content (AvgIpc) is 3.31. The Morgan fingerprint density at radius 3 is 2.66 bits per heavy atom. The molecule has 5 rings (SSSR count). The van der Waals surface area contributed by atoms with Gasteiger partial charge in [-0.05, 0) is 56.7 Å². The molecule has 0 spiro atoms. The van der Waals surface area contributed by atoms with Gasteiger partial charge in [0.05, 0.1) is 11.6 Å². The molecule has 2 fully saturated rings. The molecule has 2 bridgehead atoms. The molecule has 1 saturated carbocycles. The van der Waals surface area contributed by atoms with Gasteiger partial charge in [0.1, 0.15) is 6.54 Å². The quantitative estimate of drug-likeness (QED) is 0.592. The summed E-state index contributed by atoms with van der Waals surface area (Å²) in [6.07, 6.45) is 8.18. The van der Waals surface area contributed by atoms with Gasteiger partial charge < -0.3 is 20.1 Å². The van der Waals surface area contributed by atoms with Gasteiger partial charge >= 0.3 is 0 Å².